The third-order valence-corrected chi connectivity index (χ3v) is 5.13. The van der Waals surface area contributed by atoms with Gasteiger partial charge in [0.1, 0.15) is 0 Å². The van der Waals surface area contributed by atoms with Gasteiger partial charge in [0, 0.05) is 18.4 Å². The summed E-state index contributed by atoms with van der Waals surface area (Å²) in [6.07, 6.45) is 4.51. The van der Waals surface area contributed by atoms with Crippen molar-refractivity contribution in [2.45, 2.75) is 49.0 Å². The van der Waals surface area contributed by atoms with Gasteiger partial charge < -0.3 is 15.5 Å². The highest BCUT2D eigenvalue weighted by molar-refractivity contribution is 7.89. The molecule has 0 radical (unpaired) electrons. The molecule has 1 aromatic heterocycles. The summed E-state index contributed by atoms with van der Waals surface area (Å²) in [7, 11) is -3.47. The molecule has 2 fully saturated rings. The fourth-order valence-corrected chi connectivity index (χ4v) is 4.02. The van der Waals surface area contributed by atoms with Gasteiger partial charge in [-0.3, -0.25) is 0 Å². The Bertz CT molecular complexity index is 539. The van der Waals surface area contributed by atoms with E-state index in [1.54, 1.807) is 6.07 Å². The number of nitrogens with one attached hydrogen (secondary N) is 2. The minimum absolute atomic E-state index is 0.0395. The van der Waals surface area contributed by atoms with Gasteiger partial charge in [0.2, 0.25) is 10.0 Å². The molecule has 0 saturated carbocycles. The van der Waals surface area contributed by atoms with E-state index in [1.165, 1.54) is 6.20 Å². The van der Waals surface area contributed by atoms with Gasteiger partial charge in [0.05, 0.1) is 23.1 Å². The van der Waals surface area contributed by atoms with E-state index in [0.717, 1.165) is 19.3 Å². The van der Waals surface area contributed by atoms with E-state index in [0.29, 0.717) is 12.2 Å². The lowest BCUT2D eigenvalue weighted by molar-refractivity contribution is 0.0996. The molecular weight excluding hydrogens is 254 g/mol. The van der Waals surface area contributed by atoms with E-state index in [1.807, 2.05) is 0 Å². The van der Waals surface area contributed by atoms with Crippen LogP contribution in [0.5, 0.6) is 0 Å². The number of H-pyrrole nitrogens is 1. The highest BCUT2D eigenvalue weighted by Gasteiger charge is 2.42. The number of ether oxygens (including phenoxy) is 1. The topological polar surface area (TPSA) is 97.2 Å². The lowest BCUT2D eigenvalue weighted by Crippen LogP contribution is -2.41. The Balaban J connectivity index is 1.75. The Morgan fingerprint density at radius 3 is 2.89 bits per heavy atom. The molecule has 3 rings (SSSR count). The van der Waals surface area contributed by atoms with Crippen LogP contribution in [0, 0.1) is 0 Å². The fraction of sp³-hybridized carbons (Fsp3) is 0.636. The summed E-state index contributed by atoms with van der Waals surface area (Å²) in [4.78, 5) is 3.09. The van der Waals surface area contributed by atoms with E-state index < -0.39 is 10.0 Å². The molecule has 0 amide bonds. The predicted molar refractivity (Wildman–Crippen MR) is 65.3 cm³/mol. The number of aromatic amines is 1. The summed E-state index contributed by atoms with van der Waals surface area (Å²) in [5, 5.41) is 0. The number of sulfonamides is 1. The third kappa shape index (κ3) is 2.07. The highest BCUT2D eigenvalue weighted by Crippen LogP contribution is 2.35. The molecule has 3 unspecified atom stereocenters. The zero-order valence-electron chi connectivity index (χ0n) is 9.93. The predicted octanol–water partition coefficient (Wildman–Crippen LogP) is 0.0716. The van der Waals surface area contributed by atoms with E-state index >= 15 is 0 Å². The molecule has 0 aliphatic carbocycles. The van der Waals surface area contributed by atoms with Gasteiger partial charge in [-0.25, -0.2) is 13.1 Å². The second-order valence-electron chi connectivity index (χ2n) is 4.90. The van der Waals surface area contributed by atoms with Gasteiger partial charge in [-0.15, -0.1) is 0 Å². The van der Waals surface area contributed by atoms with Crippen LogP contribution in [0.3, 0.4) is 0 Å². The van der Waals surface area contributed by atoms with Crippen LogP contribution in [0.4, 0.5) is 0 Å². The molecular formula is C11H17N3O3S. The van der Waals surface area contributed by atoms with Crippen molar-refractivity contribution in [2.75, 3.05) is 0 Å². The van der Waals surface area contributed by atoms with Crippen molar-refractivity contribution in [3.05, 3.63) is 18.0 Å². The Labute approximate surface area is 106 Å². The molecule has 18 heavy (non-hydrogen) atoms. The summed E-state index contributed by atoms with van der Waals surface area (Å²) in [6, 6.07) is 1.47. The van der Waals surface area contributed by atoms with Crippen LogP contribution in [-0.2, 0) is 21.3 Å². The molecule has 2 aliphatic rings. The monoisotopic (exact) mass is 271 g/mol. The zero-order valence-corrected chi connectivity index (χ0v) is 10.7. The summed E-state index contributed by atoms with van der Waals surface area (Å²) in [5.41, 5.74) is 6.16. The molecule has 0 spiro atoms. The van der Waals surface area contributed by atoms with E-state index in [-0.39, 0.29) is 23.1 Å². The SMILES string of the molecule is NCc1cc(S(=O)(=O)NC2CC3CCC2O3)c[nH]1. The van der Waals surface area contributed by atoms with Crippen LogP contribution in [0.25, 0.3) is 0 Å². The van der Waals surface area contributed by atoms with Gasteiger partial charge in [-0.2, -0.15) is 0 Å². The third-order valence-electron chi connectivity index (χ3n) is 3.66. The van der Waals surface area contributed by atoms with E-state index in [9.17, 15) is 8.42 Å². The second kappa shape index (κ2) is 4.34. The molecule has 7 heteroatoms. The number of hydrogen-bond donors (Lipinski definition) is 3. The largest absolute Gasteiger partial charge is 0.373 e. The number of fused-ring (bicyclic) bond motifs is 2. The van der Waals surface area contributed by atoms with Crippen molar-refractivity contribution >= 4 is 10.0 Å². The number of rotatable bonds is 4. The number of nitrogens with two attached hydrogens (primary N) is 1. The molecule has 0 aromatic carbocycles. The minimum atomic E-state index is -3.47. The zero-order chi connectivity index (χ0) is 12.8. The minimum Gasteiger partial charge on any atom is -0.373 e. The van der Waals surface area contributed by atoms with Crippen molar-refractivity contribution in [3.8, 4) is 0 Å². The van der Waals surface area contributed by atoms with Crippen molar-refractivity contribution < 1.29 is 13.2 Å². The summed E-state index contributed by atoms with van der Waals surface area (Å²) < 4.78 is 32.7. The summed E-state index contributed by atoms with van der Waals surface area (Å²) in [6.45, 7) is 0.298. The first kappa shape index (κ1) is 12.2. The lowest BCUT2D eigenvalue weighted by atomic mass is 9.96. The van der Waals surface area contributed by atoms with Crippen LogP contribution in [0.2, 0.25) is 0 Å². The second-order valence-corrected chi connectivity index (χ2v) is 6.62. The van der Waals surface area contributed by atoms with Crippen molar-refractivity contribution in [1.82, 2.24) is 9.71 Å². The lowest BCUT2D eigenvalue weighted by Gasteiger charge is -2.19. The smallest absolute Gasteiger partial charge is 0.242 e. The summed E-state index contributed by atoms with van der Waals surface area (Å²) in [5.74, 6) is 0. The average Bonchev–Trinajstić information content (AvgIpc) is 3.04. The molecule has 3 atom stereocenters. The highest BCUT2D eigenvalue weighted by atomic mass is 32.2. The quantitative estimate of drug-likeness (QED) is 0.722. The Kier molecular flexibility index (Phi) is 2.93. The molecule has 6 nitrogen and oxygen atoms in total. The van der Waals surface area contributed by atoms with Gasteiger partial charge in [0.15, 0.2) is 0 Å². The van der Waals surface area contributed by atoms with Gasteiger partial charge in [-0.1, -0.05) is 0 Å². The van der Waals surface area contributed by atoms with E-state index in [2.05, 4.69) is 9.71 Å². The Morgan fingerprint density at radius 1 is 1.50 bits per heavy atom. The Hall–Kier alpha value is -0.890. The first-order valence-electron chi connectivity index (χ1n) is 6.13. The summed E-state index contributed by atoms with van der Waals surface area (Å²) >= 11 is 0. The van der Waals surface area contributed by atoms with Crippen LogP contribution in [0.1, 0.15) is 25.0 Å². The number of hydrogen-bond acceptors (Lipinski definition) is 4. The van der Waals surface area contributed by atoms with E-state index in [4.69, 9.17) is 10.5 Å². The average molecular weight is 271 g/mol. The van der Waals surface area contributed by atoms with Crippen LogP contribution >= 0.6 is 0 Å². The maximum Gasteiger partial charge on any atom is 0.242 e. The van der Waals surface area contributed by atoms with Crippen molar-refractivity contribution in [3.63, 3.8) is 0 Å². The molecule has 2 bridgehead atoms. The molecule has 3 heterocycles. The first-order chi connectivity index (χ1) is 8.58. The first-order valence-corrected chi connectivity index (χ1v) is 7.62. The van der Waals surface area contributed by atoms with Gasteiger partial charge in [-0.05, 0) is 25.3 Å². The van der Waals surface area contributed by atoms with Crippen LogP contribution in [-0.4, -0.2) is 31.7 Å². The van der Waals surface area contributed by atoms with Crippen LogP contribution in [0.15, 0.2) is 17.2 Å². The van der Waals surface area contributed by atoms with Crippen molar-refractivity contribution in [2.24, 2.45) is 5.73 Å². The standard InChI is InChI=1S/C11H17N3O3S/c12-5-7-3-9(6-13-7)18(15,16)14-10-4-8-1-2-11(10)17-8/h3,6,8,10-11,13-14H,1-2,4-5,12H2. The maximum absolute atomic E-state index is 12.2. The van der Waals surface area contributed by atoms with Gasteiger partial charge in [0.25, 0.3) is 0 Å². The number of aromatic nitrogens is 1. The molecule has 1 aromatic rings. The molecule has 100 valence electrons. The molecule has 2 aliphatic heterocycles. The molecule has 4 N–H and O–H groups in total. The van der Waals surface area contributed by atoms with Crippen molar-refractivity contribution in [1.29, 1.82) is 0 Å². The fourth-order valence-electron chi connectivity index (χ4n) is 2.72. The van der Waals surface area contributed by atoms with Crippen LogP contribution < -0.4 is 10.5 Å². The van der Waals surface area contributed by atoms with Gasteiger partial charge >= 0.3 is 0 Å². The maximum atomic E-state index is 12.2. The Morgan fingerprint density at radius 2 is 2.33 bits per heavy atom. The molecule has 2 saturated heterocycles. The normalized spacial score (nSPS) is 31.1.